The third-order valence-electron chi connectivity index (χ3n) is 4.38. The topological polar surface area (TPSA) is 110 Å². The quantitative estimate of drug-likeness (QED) is 0.493. The number of carbonyl (C=O) groups is 2. The molecule has 1 unspecified atom stereocenters. The molecule has 31 heavy (non-hydrogen) atoms. The van der Waals surface area contributed by atoms with Crippen LogP contribution in [0.25, 0.3) is 6.08 Å². The number of nitrogens with one attached hydrogen (secondary N) is 1. The van der Waals surface area contributed by atoms with Gasteiger partial charge < -0.3 is 5.32 Å². The summed E-state index contributed by atoms with van der Waals surface area (Å²) in [5.74, 6) is -0.805. The van der Waals surface area contributed by atoms with E-state index in [0.29, 0.717) is 10.6 Å². The molecule has 2 aromatic carbocycles. The first-order chi connectivity index (χ1) is 14.7. The van der Waals surface area contributed by atoms with Crippen molar-refractivity contribution in [3.63, 3.8) is 0 Å². The maximum atomic E-state index is 12.8. The highest BCUT2D eigenvalue weighted by molar-refractivity contribution is 8.26. The van der Waals surface area contributed by atoms with Gasteiger partial charge in [-0.05, 0) is 42.8 Å². The molecule has 0 radical (unpaired) electrons. The van der Waals surface area contributed by atoms with Crippen LogP contribution in [0.4, 0.5) is 5.69 Å². The SMILES string of the molecule is CC(C(=O)Nc1ccc(S(N)(=O)=O)cc1)N1C(=O)/C(=C/C=C/c2ccccc2)SC1=S. The van der Waals surface area contributed by atoms with Crippen molar-refractivity contribution in [1.29, 1.82) is 0 Å². The number of sulfonamides is 1. The van der Waals surface area contributed by atoms with E-state index in [0.717, 1.165) is 17.3 Å². The van der Waals surface area contributed by atoms with Crippen molar-refractivity contribution >= 4 is 61.9 Å². The summed E-state index contributed by atoms with van der Waals surface area (Å²) in [7, 11) is -3.82. The molecule has 1 saturated heterocycles. The van der Waals surface area contributed by atoms with Crippen LogP contribution in [-0.4, -0.2) is 35.5 Å². The Balaban J connectivity index is 1.68. The van der Waals surface area contributed by atoms with Gasteiger partial charge in [0.25, 0.3) is 5.91 Å². The van der Waals surface area contributed by atoms with Crippen molar-refractivity contribution in [3.8, 4) is 0 Å². The van der Waals surface area contributed by atoms with Gasteiger partial charge in [-0.2, -0.15) is 0 Å². The summed E-state index contributed by atoms with van der Waals surface area (Å²) in [6.07, 6.45) is 5.30. The van der Waals surface area contributed by atoms with Gasteiger partial charge in [-0.1, -0.05) is 66.5 Å². The number of thioether (sulfide) groups is 1. The van der Waals surface area contributed by atoms with Gasteiger partial charge in [0.15, 0.2) is 0 Å². The molecule has 1 fully saturated rings. The van der Waals surface area contributed by atoms with Gasteiger partial charge in [0.1, 0.15) is 10.4 Å². The maximum Gasteiger partial charge on any atom is 0.266 e. The number of benzene rings is 2. The van der Waals surface area contributed by atoms with E-state index >= 15 is 0 Å². The number of carbonyl (C=O) groups excluding carboxylic acids is 2. The van der Waals surface area contributed by atoms with E-state index in [-0.39, 0.29) is 15.1 Å². The average molecular weight is 474 g/mol. The number of allylic oxidation sites excluding steroid dienone is 2. The normalized spacial score (nSPS) is 16.8. The first-order valence-corrected chi connectivity index (χ1v) is 11.9. The van der Waals surface area contributed by atoms with E-state index in [4.69, 9.17) is 17.4 Å². The van der Waals surface area contributed by atoms with Gasteiger partial charge >= 0.3 is 0 Å². The molecule has 0 aliphatic carbocycles. The Morgan fingerprint density at radius 1 is 1.16 bits per heavy atom. The molecule has 0 saturated carbocycles. The zero-order valence-corrected chi connectivity index (χ0v) is 18.8. The highest BCUT2D eigenvalue weighted by Gasteiger charge is 2.37. The Kier molecular flexibility index (Phi) is 7.06. The third kappa shape index (κ3) is 5.67. The van der Waals surface area contributed by atoms with Crippen LogP contribution >= 0.6 is 24.0 Å². The minimum atomic E-state index is -3.82. The Morgan fingerprint density at radius 2 is 1.81 bits per heavy atom. The minimum Gasteiger partial charge on any atom is -0.324 e. The second-order valence-electron chi connectivity index (χ2n) is 6.58. The van der Waals surface area contributed by atoms with E-state index in [1.165, 1.54) is 29.2 Å². The lowest BCUT2D eigenvalue weighted by atomic mass is 10.2. The molecule has 2 amide bonds. The number of nitrogens with two attached hydrogens (primary N) is 1. The predicted octanol–water partition coefficient (Wildman–Crippen LogP) is 3.12. The van der Waals surface area contributed by atoms with E-state index in [2.05, 4.69) is 5.32 Å². The van der Waals surface area contributed by atoms with Crippen molar-refractivity contribution in [2.45, 2.75) is 17.9 Å². The minimum absolute atomic E-state index is 0.0656. The van der Waals surface area contributed by atoms with Crippen LogP contribution in [0.15, 0.2) is 76.5 Å². The predicted molar refractivity (Wildman–Crippen MR) is 127 cm³/mol. The van der Waals surface area contributed by atoms with Crippen molar-refractivity contribution in [2.75, 3.05) is 5.32 Å². The number of rotatable bonds is 6. The standard InChI is InChI=1S/C21H19N3O4S3/c1-14(19(25)23-16-10-12-17(13-11-16)31(22,27)28)24-20(26)18(30-21(24)29)9-5-8-15-6-3-2-4-7-15/h2-14H,1H3,(H,23,25)(H2,22,27,28)/b8-5+,18-9-. The largest absolute Gasteiger partial charge is 0.324 e. The summed E-state index contributed by atoms with van der Waals surface area (Å²) >= 11 is 6.43. The average Bonchev–Trinajstić information content (AvgIpc) is 3.01. The smallest absolute Gasteiger partial charge is 0.266 e. The first kappa shape index (κ1) is 22.9. The van der Waals surface area contributed by atoms with Crippen molar-refractivity contribution < 1.29 is 18.0 Å². The number of anilines is 1. The first-order valence-electron chi connectivity index (χ1n) is 9.09. The number of thiocarbonyl (C=S) groups is 1. The van der Waals surface area contributed by atoms with Crippen molar-refractivity contribution in [2.24, 2.45) is 5.14 Å². The molecule has 0 spiro atoms. The lowest BCUT2D eigenvalue weighted by Gasteiger charge is -2.22. The summed E-state index contributed by atoms with van der Waals surface area (Å²) in [6.45, 7) is 1.57. The molecule has 1 atom stereocenters. The molecule has 3 rings (SSSR count). The maximum absolute atomic E-state index is 12.8. The van der Waals surface area contributed by atoms with E-state index in [9.17, 15) is 18.0 Å². The molecule has 0 bridgehead atoms. The van der Waals surface area contributed by atoms with Crippen LogP contribution in [-0.2, 0) is 19.6 Å². The Bertz CT molecular complexity index is 1170. The fraction of sp³-hybridized carbons (Fsp3) is 0.0952. The van der Waals surface area contributed by atoms with Crippen molar-refractivity contribution in [1.82, 2.24) is 4.90 Å². The van der Waals surface area contributed by atoms with Crippen LogP contribution in [0, 0.1) is 0 Å². The summed E-state index contributed by atoms with van der Waals surface area (Å²) in [6, 6.07) is 14.2. The third-order valence-corrected chi connectivity index (χ3v) is 6.65. The second-order valence-corrected chi connectivity index (χ2v) is 9.82. The van der Waals surface area contributed by atoms with E-state index in [1.807, 2.05) is 36.4 Å². The Labute approximate surface area is 190 Å². The lowest BCUT2D eigenvalue weighted by Crippen LogP contribution is -2.44. The van der Waals surface area contributed by atoms with E-state index < -0.39 is 22.0 Å². The fourth-order valence-corrected chi connectivity index (χ4v) is 4.62. The van der Waals surface area contributed by atoms with Crippen LogP contribution in [0.2, 0.25) is 0 Å². The highest BCUT2D eigenvalue weighted by atomic mass is 32.2. The number of primary sulfonamides is 1. The van der Waals surface area contributed by atoms with Crippen LogP contribution in [0.1, 0.15) is 12.5 Å². The van der Waals surface area contributed by atoms with E-state index in [1.54, 1.807) is 19.1 Å². The molecule has 2 aromatic rings. The van der Waals surface area contributed by atoms with Gasteiger partial charge in [0.2, 0.25) is 15.9 Å². The number of hydrogen-bond donors (Lipinski definition) is 2. The molecule has 0 aromatic heterocycles. The van der Waals surface area contributed by atoms with Crippen molar-refractivity contribution in [3.05, 3.63) is 77.2 Å². The zero-order chi connectivity index (χ0) is 22.6. The van der Waals surface area contributed by atoms with Crippen LogP contribution in [0.3, 0.4) is 0 Å². The molecule has 1 aliphatic rings. The monoisotopic (exact) mass is 473 g/mol. The molecular weight excluding hydrogens is 454 g/mol. The number of amides is 2. The second kappa shape index (κ2) is 9.56. The van der Waals surface area contributed by atoms with Gasteiger partial charge in [-0.15, -0.1) is 0 Å². The molecule has 1 aliphatic heterocycles. The fourth-order valence-electron chi connectivity index (χ4n) is 2.73. The zero-order valence-electron chi connectivity index (χ0n) is 16.4. The highest BCUT2D eigenvalue weighted by Crippen LogP contribution is 2.32. The summed E-state index contributed by atoms with van der Waals surface area (Å²) in [5.41, 5.74) is 1.37. The molecule has 3 N–H and O–H groups in total. The molecule has 10 heteroatoms. The summed E-state index contributed by atoms with van der Waals surface area (Å²) in [4.78, 5) is 27.0. The molecule has 7 nitrogen and oxygen atoms in total. The van der Waals surface area contributed by atoms with Gasteiger partial charge in [0, 0.05) is 5.69 Å². The van der Waals surface area contributed by atoms with Gasteiger partial charge in [-0.25, -0.2) is 13.6 Å². The van der Waals surface area contributed by atoms with Crippen LogP contribution < -0.4 is 10.5 Å². The Hall–Kier alpha value is -2.79. The Morgan fingerprint density at radius 3 is 2.42 bits per heavy atom. The number of nitrogens with zero attached hydrogens (tertiary/aromatic N) is 1. The van der Waals surface area contributed by atoms with Gasteiger partial charge in [-0.3, -0.25) is 14.5 Å². The number of hydrogen-bond acceptors (Lipinski definition) is 6. The molecular formula is C21H19N3O4S3. The lowest BCUT2D eigenvalue weighted by molar-refractivity contribution is -0.129. The van der Waals surface area contributed by atoms with Gasteiger partial charge in [0.05, 0.1) is 9.80 Å². The summed E-state index contributed by atoms with van der Waals surface area (Å²) in [5, 5.41) is 7.71. The molecule has 160 valence electrons. The molecule has 1 heterocycles. The summed E-state index contributed by atoms with van der Waals surface area (Å²) < 4.78 is 22.9. The van der Waals surface area contributed by atoms with Crippen LogP contribution in [0.5, 0.6) is 0 Å².